The second-order valence-corrected chi connectivity index (χ2v) is 7.82. The van der Waals surface area contributed by atoms with E-state index in [0.717, 1.165) is 23.8 Å². The van der Waals surface area contributed by atoms with Gasteiger partial charge in [0.05, 0.1) is 11.1 Å². The van der Waals surface area contributed by atoms with E-state index < -0.39 is 35.3 Å². The van der Waals surface area contributed by atoms with Crippen molar-refractivity contribution in [1.82, 2.24) is 0 Å². The Labute approximate surface area is 190 Å². The first-order valence-corrected chi connectivity index (χ1v) is 10.2. The van der Waals surface area contributed by atoms with Gasteiger partial charge in [0.15, 0.2) is 17.3 Å². The lowest BCUT2D eigenvalue weighted by Gasteiger charge is -2.23. The van der Waals surface area contributed by atoms with Crippen molar-refractivity contribution >= 4 is 29.1 Å². The first-order chi connectivity index (χ1) is 15.6. The minimum Gasteiger partial charge on any atom is -0.507 e. The molecule has 0 aromatic heterocycles. The number of phenolic OH excluding ortho intramolecular Hbond substituents is 2. The molecule has 8 heteroatoms. The van der Waals surface area contributed by atoms with Crippen molar-refractivity contribution in [2.24, 2.45) is 0 Å². The van der Waals surface area contributed by atoms with Crippen molar-refractivity contribution in [3.63, 3.8) is 0 Å². The number of benzene rings is 2. The molecule has 2 aromatic carbocycles. The Hall–Kier alpha value is -4.20. The second kappa shape index (κ2) is 9.52. The number of fused-ring (bicyclic) bond motifs is 1. The first-order valence-electron chi connectivity index (χ1n) is 10.2. The number of allylic oxidation sites excluding steroid dienone is 2. The van der Waals surface area contributed by atoms with Gasteiger partial charge in [-0.3, -0.25) is 19.7 Å². The van der Waals surface area contributed by atoms with E-state index in [1.807, 2.05) is 13.8 Å². The van der Waals surface area contributed by atoms with Gasteiger partial charge >= 0.3 is 6.09 Å². The number of carbonyl (C=O) groups is 4. The van der Waals surface area contributed by atoms with Crippen LogP contribution in [0.5, 0.6) is 11.5 Å². The molecule has 1 atom stereocenters. The lowest BCUT2D eigenvalue weighted by atomic mass is 9.85. The van der Waals surface area contributed by atoms with Crippen molar-refractivity contribution in [2.75, 3.05) is 5.32 Å². The molecule has 1 aliphatic carbocycles. The fraction of sp³-hybridized carbons (Fsp3) is 0.200. The van der Waals surface area contributed by atoms with Crippen molar-refractivity contribution < 1.29 is 34.1 Å². The molecule has 0 saturated carbocycles. The predicted octanol–water partition coefficient (Wildman–Crippen LogP) is 4.58. The second-order valence-electron chi connectivity index (χ2n) is 7.82. The number of rotatable bonds is 6. The lowest BCUT2D eigenvalue weighted by molar-refractivity contribution is 0.0913. The average Bonchev–Trinajstić information content (AvgIpc) is 2.75. The van der Waals surface area contributed by atoms with Crippen molar-refractivity contribution in [2.45, 2.75) is 33.3 Å². The zero-order valence-electron chi connectivity index (χ0n) is 18.3. The number of aromatic hydroxyl groups is 2. The Morgan fingerprint density at radius 1 is 1.03 bits per heavy atom. The zero-order chi connectivity index (χ0) is 24.3. The lowest BCUT2D eigenvalue weighted by Crippen LogP contribution is -2.30. The molecule has 1 aliphatic rings. The van der Waals surface area contributed by atoms with E-state index in [0.29, 0.717) is 11.3 Å². The maximum Gasteiger partial charge on any atom is 0.412 e. The summed E-state index contributed by atoms with van der Waals surface area (Å²) in [5, 5.41) is 22.7. The molecule has 8 nitrogen and oxygen atoms in total. The highest BCUT2D eigenvalue weighted by Gasteiger charge is 2.35. The molecule has 3 N–H and O–H groups in total. The Kier molecular flexibility index (Phi) is 6.77. The largest absolute Gasteiger partial charge is 0.507 e. The number of anilines is 1. The molecule has 1 unspecified atom stereocenters. The van der Waals surface area contributed by atoms with Crippen molar-refractivity contribution in [1.29, 1.82) is 0 Å². The van der Waals surface area contributed by atoms with Crippen LogP contribution in [-0.4, -0.2) is 39.8 Å². The highest BCUT2D eigenvalue weighted by molar-refractivity contribution is 6.27. The molecule has 170 valence electrons. The molecule has 0 aliphatic heterocycles. The van der Waals surface area contributed by atoms with Crippen LogP contribution >= 0.6 is 0 Å². The molecule has 0 saturated heterocycles. The van der Waals surface area contributed by atoms with Gasteiger partial charge in [-0.1, -0.05) is 23.8 Å². The molecule has 3 rings (SSSR count). The van der Waals surface area contributed by atoms with Gasteiger partial charge < -0.3 is 14.9 Å². The van der Waals surface area contributed by atoms with Gasteiger partial charge in [0.25, 0.3) is 0 Å². The molecule has 33 heavy (non-hydrogen) atoms. The third kappa shape index (κ3) is 5.17. The minimum absolute atomic E-state index is 0.100. The van der Waals surface area contributed by atoms with Crippen LogP contribution in [0.4, 0.5) is 10.5 Å². The Morgan fingerprint density at radius 3 is 2.33 bits per heavy atom. The predicted molar refractivity (Wildman–Crippen MR) is 121 cm³/mol. The summed E-state index contributed by atoms with van der Waals surface area (Å²) in [6.07, 6.45) is 0.822. The van der Waals surface area contributed by atoms with Crippen LogP contribution in [0.2, 0.25) is 0 Å². The smallest absolute Gasteiger partial charge is 0.412 e. The fourth-order valence-electron chi connectivity index (χ4n) is 3.40. The summed E-state index contributed by atoms with van der Waals surface area (Å²) in [4.78, 5) is 49.9. The van der Waals surface area contributed by atoms with E-state index in [-0.39, 0.29) is 28.9 Å². The van der Waals surface area contributed by atoms with Crippen LogP contribution in [0, 0.1) is 0 Å². The number of Topliss-reactive ketones (excluding diaryl/α,β-unsaturated/α-hetero) is 2. The molecule has 0 fully saturated rings. The van der Waals surface area contributed by atoms with Crippen LogP contribution in [0.15, 0.2) is 59.7 Å². The third-order valence-corrected chi connectivity index (χ3v) is 5.04. The number of phenols is 2. The topological polar surface area (TPSA) is 130 Å². The monoisotopic (exact) mass is 449 g/mol. The van der Waals surface area contributed by atoms with Crippen LogP contribution < -0.4 is 5.32 Å². The maximum atomic E-state index is 13.1. The SMILES string of the molecule is CC(=O)c1cccc(NC(=O)OC(CC=C(C)C)C2=CC(=O)c3c(O)ccc(O)c3C2=O)c1. The quantitative estimate of drug-likeness (QED) is 0.334. The van der Waals surface area contributed by atoms with Crippen molar-refractivity contribution in [3.05, 3.63) is 76.4 Å². The van der Waals surface area contributed by atoms with Gasteiger partial charge in [0.1, 0.15) is 17.6 Å². The summed E-state index contributed by atoms with van der Waals surface area (Å²) in [7, 11) is 0. The number of ketones is 3. The molecule has 0 bridgehead atoms. The van der Waals surface area contributed by atoms with Gasteiger partial charge in [-0.2, -0.15) is 0 Å². The van der Waals surface area contributed by atoms with Gasteiger partial charge in [0.2, 0.25) is 0 Å². The number of carbonyl (C=O) groups excluding carboxylic acids is 4. The molecule has 0 heterocycles. The van der Waals surface area contributed by atoms with Crippen LogP contribution in [0.1, 0.15) is 58.3 Å². The number of amides is 1. The van der Waals surface area contributed by atoms with E-state index >= 15 is 0 Å². The normalized spacial score (nSPS) is 13.5. The Morgan fingerprint density at radius 2 is 1.70 bits per heavy atom. The molecule has 2 aromatic rings. The molecule has 1 amide bonds. The van der Waals surface area contributed by atoms with Crippen LogP contribution in [0.25, 0.3) is 0 Å². The number of hydrogen-bond acceptors (Lipinski definition) is 7. The van der Waals surface area contributed by atoms with Crippen LogP contribution in [-0.2, 0) is 4.74 Å². The summed E-state index contributed by atoms with van der Waals surface area (Å²) in [6, 6.07) is 8.50. The fourth-order valence-corrected chi connectivity index (χ4v) is 3.40. The van der Waals surface area contributed by atoms with E-state index in [1.54, 1.807) is 24.3 Å². The molecular weight excluding hydrogens is 426 g/mol. The molecule has 0 radical (unpaired) electrons. The van der Waals surface area contributed by atoms with Gasteiger partial charge in [-0.05, 0) is 51.1 Å². The van der Waals surface area contributed by atoms with Crippen molar-refractivity contribution in [3.8, 4) is 11.5 Å². The van der Waals surface area contributed by atoms with E-state index in [1.165, 1.54) is 13.0 Å². The minimum atomic E-state index is -1.14. The first kappa shape index (κ1) is 23.5. The van der Waals surface area contributed by atoms with E-state index in [2.05, 4.69) is 5.32 Å². The summed E-state index contributed by atoms with van der Waals surface area (Å²) >= 11 is 0. The summed E-state index contributed by atoms with van der Waals surface area (Å²) in [5.41, 5.74) is 0.860. The van der Waals surface area contributed by atoms with Crippen LogP contribution in [0.3, 0.4) is 0 Å². The third-order valence-electron chi connectivity index (χ3n) is 5.04. The Balaban J connectivity index is 1.91. The summed E-state index contributed by atoms with van der Waals surface area (Å²) in [5.74, 6) is -2.48. The Bertz CT molecular complexity index is 1220. The van der Waals surface area contributed by atoms with E-state index in [4.69, 9.17) is 4.74 Å². The van der Waals surface area contributed by atoms with Gasteiger partial charge in [0, 0.05) is 23.2 Å². The highest BCUT2D eigenvalue weighted by atomic mass is 16.6. The number of hydrogen-bond donors (Lipinski definition) is 3. The number of ether oxygens (including phenoxy) is 1. The average molecular weight is 449 g/mol. The van der Waals surface area contributed by atoms with Gasteiger partial charge in [-0.25, -0.2) is 4.79 Å². The number of nitrogens with one attached hydrogen (secondary N) is 1. The maximum absolute atomic E-state index is 13.1. The van der Waals surface area contributed by atoms with Gasteiger partial charge in [-0.15, -0.1) is 0 Å². The standard InChI is InChI=1S/C25H23NO7/c1-13(2)7-10-21(33-25(32)26-16-6-4-5-15(11-16)14(3)27)17-12-20(30)22-18(28)8-9-19(29)23(22)24(17)31/h4-9,11-12,21,28-29H,10H2,1-3H3,(H,26,32). The zero-order valence-corrected chi connectivity index (χ0v) is 18.3. The highest BCUT2D eigenvalue weighted by Crippen LogP contribution is 2.36. The summed E-state index contributed by atoms with van der Waals surface area (Å²) in [6.45, 7) is 5.05. The van der Waals surface area contributed by atoms with E-state index in [9.17, 15) is 29.4 Å². The molecular formula is C25H23NO7. The molecule has 0 spiro atoms. The summed E-state index contributed by atoms with van der Waals surface area (Å²) < 4.78 is 5.48.